The number of nitrogens with zero attached hydrogens (tertiary/aromatic N) is 1. The molecule has 3 nitrogen and oxygen atoms in total. The van der Waals surface area contributed by atoms with E-state index in [0.717, 1.165) is 18.0 Å². The molecular formula is C13H18N2O. The van der Waals surface area contributed by atoms with Gasteiger partial charge in [-0.3, -0.25) is 9.69 Å². The number of hydrogen-bond donors (Lipinski definition) is 1. The summed E-state index contributed by atoms with van der Waals surface area (Å²) in [5.41, 5.74) is 1.11. The van der Waals surface area contributed by atoms with E-state index in [1.807, 2.05) is 12.1 Å². The summed E-state index contributed by atoms with van der Waals surface area (Å²) in [5, 5.41) is 0. The SMILES string of the molecule is O=c1cccc(CC2CC3CCN2CC3)[nH]1. The van der Waals surface area contributed by atoms with Crippen LogP contribution in [0.3, 0.4) is 0 Å². The lowest BCUT2D eigenvalue weighted by Crippen LogP contribution is -2.49. The molecule has 86 valence electrons. The van der Waals surface area contributed by atoms with Crippen LogP contribution in [0.2, 0.25) is 0 Å². The van der Waals surface area contributed by atoms with Crippen LogP contribution < -0.4 is 5.56 Å². The van der Waals surface area contributed by atoms with E-state index in [4.69, 9.17) is 0 Å². The van der Waals surface area contributed by atoms with Gasteiger partial charge in [0.1, 0.15) is 0 Å². The second-order valence-corrected chi connectivity index (χ2v) is 5.11. The van der Waals surface area contributed by atoms with Gasteiger partial charge in [-0.15, -0.1) is 0 Å². The van der Waals surface area contributed by atoms with Crippen LogP contribution in [0, 0.1) is 5.92 Å². The molecule has 3 fully saturated rings. The molecule has 0 amide bonds. The van der Waals surface area contributed by atoms with Gasteiger partial charge in [-0.25, -0.2) is 0 Å². The number of aromatic nitrogens is 1. The fraction of sp³-hybridized carbons (Fsp3) is 0.615. The highest BCUT2D eigenvalue weighted by molar-refractivity contribution is 5.07. The number of piperidine rings is 3. The van der Waals surface area contributed by atoms with Gasteiger partial charge in [0.15, 0.2) is 0 Å². The van der Waals surface area contributed by atoms with Crippen molar-refractivity contribution in [2.75, 3.05) is 13.1 Å². The van der Waals surface area contributed by atoms with Crippen LogP contribution in [-0.4, -0.2) is 29.0 Å². The Bertz CT molecular complexity index is 418. The number of rotatable bonds is 2. The van der Waals surface area contributed by atoms with E-state index in [1.165, 1.54) is 32.4 Å². The molecule has 0 aliphatic carbocycles. The molecule has 2 bridgehead atoms. The van der Waals surface area contributed by atoms with Gasteiger partial charge in [-0.05, 0) is 44.3 Å². The smallest absolute Gasteiger partial charge is 0.248 e. The van der Waals surface area contributed by atoms with Crippen molar-refractivity contribution in [1.82, 2.24) is 9.88 Å². The minimum absolute atomic E-state index is 0.0217. The largest absolute Gasteiger partial charge is 0.326 e. The van der Waals surface area contributed by atoms with Gasteiger partial charge in [-0.2, -0.15) is 0 Å². The van der Waals surface area contributed by atoms with Crippen molar-refractivity contribution in [1.29, 1.82) is 0 Å². The second-order valence-electron chi connectivity index (χ2n) is 5.11. The molecule has 4 rings (SSSR count). The number of nitrogens with one attached hydrogen (secondary N) is 1. The van der Waals surface area contributed by atoms with Crippen LogP contribution in [0.5, 0.6) is 0 Å². The molecule has 1 atom stereocenters. The molecular weight excluding hydrogens is 200 g/mol. The van der Waals surface area contributed by atoms with Crippen LogP contribution >= 0.6 is 0 Å². The Kier molecular flexibility index (Phi) is 2.56. The van der Waals surface area contributed by atoms with Gasteiger partial charge in [0.05, 0.1) is 0 Å². The number of aromatic amines is 1. The highest BCUT2D eigenvalue weighted by Crippen LogP contribution is 2.32. The maximum Gasteiger partial charge on any atom is 0.248 e. The Labute approximate surface area is 95.5 Å². The Morgan fingerprint density at radius 3 is 2.75 bits per heavy atom. The first-order chi connectivity index (χ1) is 7.81. The van der Waals surface area contributed by atoms with Gasteiger partial charge in [0.25, 0.3) is 0 Å². The molecule has 16 heavy (non-hydrogen) atoms. The molecule has 3 aliphatic heterocycles. The Morgan fingerprint density at radius 1 is 1.31 bits per heavy atom. The lowest BCUT2D eigenvalue weighted by molar-refractivity contribution is 0.0493. The van der Waals surface area contributed by atoms with Crippen LogP contribution in [0.1, 0.15) is 25.0 Å². The fourth-order valence-corrected chi connectivity index (χ4v) is 3.17. The lowest BCUT2D eigenvalue weighted by atomic mass is 9.82. The third-order valence-corrected chi connectivity index (χ3v) is 4.06. The van der Waals surface area contributed by atoms with Crippen molar-refractivity contribution in [3.8, 4) is 0 Å². The van der Waals surface area contributed by atoms with Crippen LogP contribution in [0.4, 0.5) is 0 Å². The molecule has 0 spiro atoms. The molecule has 4 heterocycles. The predicted octanol–water partition coefficient (Wildman–Crippen LogP) is 1.40. The average molecular weight is 218 g/mol. The normalized spacial score (nSPS) is 32.9. The first-order valence-electron chi connectivity index (χ1n) is 6.23. The summed E-state index contributed by atoms with van der Waals surface area (Å²) in [6.07, 6.45) is 5.08. The van der Waals surface area contributed by atoms with Gasteiger partial charge >= 0.3 is 0 Å². The summed E-state index contributed by atoms with van der Waals surface area (Å²) in [6.45, 7) is 2.51. The third kappa shape index (κ3) is 1.92. The molecule has 1 aromatic rings. The summed E-state index contributed by atoms with van der Waals surface area (Å²) in [7, 11) is 0. The zero-order chi connectivity index (χ0) is 11.0. The maximum absolute atomic E-state index is 11.2. The summed E-state index contributed by atoms with van der Waals surface area (Å²) in [6, 6.07) is 6.12. The molecule has 0 saturated carbocycles. The quantitative estimate of drug-likeness (QED) is 0.814. The standard InChI is InChI=1S/C13H18N2O/c16-13-3-1-2-11(14-13)9-12-8-10-4-6-15(12)7-5-10/h1-3,10,12H,4-9H2,(H,14,16). The average Bonchev–Trinajstić information content (AvgIpc) is 2.30. The van der Waals surface area contributed by atoms with Gasteiger partial charge in [0, 0.05) is 24.2 Å². The van der Waals surface area contributed by atoms with Crippen LogP contribution in [-0.2, 0) is 6.42 Å². The molecule has 0 radical (unpaired) electrons. The van der Waals surface area contributed by atoms with E-state index >= 15 is 0 Å². The second kappa shape index (κ2) is 4.06. The molecule has 3 aliphatic rings. The van der Waals surface area contributed by atoms with E-state index in [1.54, 1.807) is 6.07 Å². The molecule has 1 aromatic heterocycles. The Balaban J connectivity index is 1.73. The minimum atomic E-state index is 0.0217. The molecule has 3 heteroatoms. The van der Waals surface area contributed by atoms with Gasteiger partial charge in [-0.1, -0.05) is 6.07 Å². The maximum atomic E-state index is 11.2. The van der Waals surface area contributed by atoms with E-state index in [-0.39, 0.29) is 5.56 Å². The number of H-pyrrole nitrogens is 1. The predicted molar refractivity (Wildman–Crippen MR) is 63.5 cm³/mol. The van der Waals surface area contributed by atoms with Crippen molar-refractivity contribution < 1.29 is 0 Å². The lowest BCUT2D eigenvalue weighted by Gasteiger charge is -2.45. The highest BCUT2D eigenvalue weighted by Gasteiger charge is 2.33. The monoisotopic (exact) mass is 218 g/mol. The minimum Gasteiger partial charge on any atom is -0.326 e. The van der Waals surface area contributed by atoms with Crippen molar-refractivity contribution in [2.24, 2.45) is 5.92 Å². The summed E-state index contributed by atoms with van der Waals surface area (Å²) in [5.74, 6) is 0.936. The first-order valence-corrected chi connectivity index (χ1v) is 6.23. The fourth-order valence-electron chi connectivity index (χ4n) is 3.17. The Hall–Kier alpha value is -1.09. The highest BCUT2D eigenvalue weighted by atomic mass is 16.1. The Morgan fingerprint density at radius 2 is 2.12 bits per heavy atom. The molecule has 1 unspecified atom stereocenters. The molecule has 3 saturated heterocycles. The van der Waals surface area contributed by atoms with Crippen molar-refractivity contribution >= 4 is 0 Å². The summed E-state index contributed by atoms with van der Waals surface area (Å²) >= 11 is 0. The van der Waals surface area contributed by atoms with E-state index in [0.29, 0.717) is 6.04 Å². The number of fused-ring (bicyclic) bond motifs is 3. The number of pyridine rings is 1. The van der Waals surface area contributed by atoms with E-state index < -0.39 is 0 Å². The van der Waals surface area contributed by atoms with E-state index in [2.05, 4.69) is 9.88 Å². The van der Waals surface area contributed by atoms with Crippen LogP contribution in [0.25, 0.3) is 0 Å². The van der Waals surface area contributed by atoms with Gasteiger partial charge < -0.3 is 4.98 Å². The number of hydrogen-bond acceptors (Lipinski definition) is 2. The summed E-state index contributed by atoms with van der Waals surface area (Å²) in [4.78, 5) is 16.7. The van der Waals surface area contributed by atoms with Crippen molar-refractivity contribution in [3.05, 3.63) is 34.2 Å². The van der Waals surface area contributed by atoms with Gasteiger partial charge in [0.2, 0.25) is 5.56 Å². The van der Waals surface area contributed by atoms with Crippen LogP contribution in [0.15, 0.2) is 23.0 Å². The molecule has 1 N–H and O–H groups in total. The first kappa shape index (κ1) is 10.1. The third-order valence-electron chi connectivity index (χ3n) is 4.06. The molecule has 0 aromatic carbocycles. The summed E-state index contributed by atoms with van der Waals surface area (Å²) < 4.78 is 0. The van der Waals surface area contributed by atoms with Crippen molar-refractivity contribution in [2.45, 2.75) is 31.7 Å². The zero-order valence-electron chi connectivity index (χ0n) is 9.48. The topological polar surface area (TPSA) is 36.1 Å². The van der Waals surface area contributed by atoms with Crippen molar-refractivity contribution in [3.63, 3.8) is 0 Å². The van der Waals surface area contributed by atoms with E-state index in [9.17, 15) is 4.79 Å². The zero-order valence-corrected chi connectivity index (χ0v) is 9.48.